The molecule has 0 atom stereocenters. The molecule has 0 spiro atoms. The van der Waals surface area contributed by atoms with Gasteiger partial charge >= 0.3 is 17.5 Å². The molecule has 0 aliphatic carbocycles. The van der Waals surface area contributed by atoms with Gasteiger partial charge in [0.2, 0.25) is 0 Å². The van der Waals surface area contributed by atoms with Crippen LogP contribution in [-0.4, -0.2) is 44.4 Å². The highest BCUT2D eigenvalue weighted by molar-refractivity contribution is 5.89. The number of amides is 1. The van der Waals surface area contributed by atoms with Crippen molar-refractivity contribution in [3.63, 3.8) is 0 Å². The van der Waals surface area contributed by atoms with Crippen LogP contribution in [0.2, 0.25) is 0 Å². The van der Waals surface area contributed by atoms with Crippen molar-refractivity contribution in [1.29, 1.82) is 0 Å². The number of methoxy groups -OCH3 is 1. The van der Waals surface area contributed by atoms with Gasteiger partial charge < -0.3 is 14.6 Å². The first kappa shape index (κ1) is 18.0. The van der Waals surface area contributed by atoms with Crippen LogP contribution >= 0.6 is 0 Å². The van der Waals surface area contributed by atoms with E-state index in [9.17, 15) is 14.9 Å². The van der Waals surface area contributed by atoms with Gasteiger partial charge in [-0.15, -0.1) is 0 Å². The number of ether oxygens (including phenoxy) is 1. The van der Waals surface area contributed by atoms with Crippen molar-refractivity contribution in [1.82, 2.24) is 25.2 Å². The molecular formula is C16H16N6O5. The van der Waals surface area contributed by atoms with Crippen LogP contribution < -0.4 is 10.1 Å². The van der Waals surface area contributed by atoms with Crippen LogP contribution in [0, 0.1) is 10.1 Å². The van der Waals surface area contributed by atoms with Crippen LogP contribution in [0.15, 0.2) is 41.2 Å². The number of benzene rings is 1. The fraction of sp³-hybridized carbons (Fsp3) is 0.250. The Morgan fingerprint density at radius 2 is 2.22 bits per heavy atom. The Bertz CT molecular complexity index is 950. The maximum absolute atomic E-state index is 12.1. The van der Waals surface area contributed by atoms with Crippen molar-refractivity contribution in [3.05, 3.63) is 64.1 Å². The van der Waals surface area contributed by atoms with E-state index in [1.54, 1.807) is 7.11 Å². The molecular weight excluding hydrogens is 356 g/mol. The number of aromatic nitrogens is 4. The van der Waals surface area contributed by atoms with Crippen molar-refractivity contribution < 1.29 is 19.0 Å². The van der Waals surface area contributed by atoms with E-state index in [1.165, 1.54) is 10.9 Å². The molecule has 140 valence electrons. The summed E-state index contributed by atoms with van der Waals surface area (Å²) in [4.78, 5) is 26.2. The Labute approximate surface area is 153 Å². The molecule has 0 aliphatic rings. The van der Waals surface area contributed by atoms with Gasteiger partial charge in [-0.05, 0) is 18.1 Å². The van der Waals surface area contributed by atoms with Gasteiger partial charge in [0.1, 0.15) is 24.7 Å². The number of nitro groups is 1. The molecule has 1 N–H and O–H groups in total. The van der Waals surface area contributed by atoms with Gasteiger partial charge in [-0.1, -0.05) is 23.4 Å². The molecule has 0 fully saturated rings. The highest BCUT2D eigenvalue weighted by atomic mass is 16.6. The largest absolute Gasteiger partial charge is 0.496 e. The molecule has 27 heavy (non-hydrogen) atoms. The molecule has 0 saturated heterocycles. The Kier molecular flexibility index (Phi) is 5.40. The summed E-state index contributed by atoms with van der Waals surface area (Å²) in [5.41, 5.74) is 0.819. The Hall–Kier alpha value is -3.76. The number of hydrogen-bond acceptors (Lipinski definition) is 8. The highest BCUT2D eigenvalue weighted by Crippen LogP contribution is 2.17. The van der Waals surface area contributed by atoms with Gasteiger partial charge in [-0.3, -0.25) is 19.6 Å². The third kappa shape index (κ3) is 4.45. The fourth-order valence-electron chi connectivity index (χ4n) is 2.38. The van der Waals surface area contributed by atoms with E-state index in [0.717, 1.165) is 17.5 Å². The number of carbonyl (C=O) groups is 1. The SMILES string of the molecule is COc1ccccc1CCNC(=O)c1nc(Cn2cc([N+](=O)[O-])cn2)no1. The summed E-state index contributed by atoms with van der Waals surface area (Å²) in [5.74, 6) is 0.241. The van der Waals surface area contributed by atoms with Crippen LogP contribution in [0.3, 0.4) is 0 Å². The summed E-state index contributed by atoms with van der Waals surface area (Å²) >= 11 is 0. The lowest BCUT2D eigenvalue weighted by atomic mass is 10.1. The molecule has 0 saturated carbocycles. The van der Waals surface area contributed by atoms with Gasteiger partial charge in [0.05, 0.1) is 12.0 Å². The van der Waals surface area contributed by atoms with Gasteiger partial charge in [0, 0.05) is 6.54 Å². The molecule has 0 bridgehead atoms. The minimum Gasteiger partial charge on any atom is -0.496 e. The lowest BCUT2D eigenvalue weighted by Crippen LogP contribution is -2.26. The number of hydrogen-bond donors (Lipinski definition) is 1. The van der Waals surface area contributed by atoms with Crippen molar-refractivity contribution >= 4 is 11.6 Å². The molecule has 0 unspecified atom stereocenters. The Morgan fingerprint density at radius 3 is 2.96 bits per heavy atom. The van der Waals surface area contributed by atoms with Crippen molar-refractivity contribution in [2.24, 2.45) is 0 Å². The lowest BCUT2D eigenvalue weighted by Gasteiger charge is -2.08. The van der Waals surface area contributed by atoms with E-state index in [4.69, 9.17) is 9.26 Å². The smallest absolute Gasteiger partial charge is 0.316 e. The zero-order valence-electron chi connectivity index (χ0n) is 14.4. The first-order valence-electron chi connectivity index (χ1n) is 7.96. The van der Waals surface area contributed by atoms with Gasteiger partial charge in [0.25, 0.3) is 0 Å². The normalized spacial score (nSPS) is 10.6. The summed E-state index contributed by atoms with van der Waals surface area (Å²) in [6.45, 7) is 0.411. The third-order valence-electron chi connectivity index (χ3n) is 3.67. The maximum atomic E-state index is 12.1. The van der Waals surface area contributed by atoms with E-state index in [0.29, 0.717) is 13.0 Å². The second-order valence-electron chi connectivity index (χ2n) is 5.49. The first-order valence-corrected chi connectivity index (χ1v) is 7.96. The monoisotopic (exact) mass is 372 g/mol. The molecule has 0 aliphatic heterocycles. The van der Waals surface area contributed by atoms with E-state index >= 15 is 0 Å². The molecule has 2 heterocycles. The van der Waals surface area contributed by atoms with E-state index in [1.807, 2.05) is 24.3 Å². The van der Waals surface area contributed by atoms with Crippen molar-refractivity contribution in [2.45, 2.75) is 13.0 Å². The van der Waals surface area contributed by atoms with Gasteiger partial charge in [0.15, 0.2) is 5.82 Å². The van der Waals surface area contributed by atoms with Gasteiger partial charge in [-0.2, -0.15) is 10.1 Å². The predicted octanol–water partition coefficient (Wildman–Crippen LogP) is 1.20. The van der Waals surface area contributed by atoms with Gasteiger partial charge in [-0.25, -0.2) is 0 Å². The molecule has 11 nitrogen and oxygen atoms in total. The summed E-state index contributed by atoms with van der Waals surface area (Å²) in [7, 11) is 1.59. The number of para-hydroxylation sites is 1. The Morgan fingerprint density at radius 1 is 1.41 bits per heavy atom. The Balaban J connectivity index is 1.54. The van der Waals surface area contributed by atoms with Crippen LogP contribution in [0.1, 0.15) is 22.1 Å². The van der Waals surface area contributed by atoms with E-state index in [2.05, 4.69) is 20.6 Å². The minimum absolute atomic E-state index is 0.0475. The average molecular weight is 372 g/mol. The predicted molar refractivity (Wildman–Crippen MR) is 91.3 cm³/mol. The van der Waals surface area contributed by atoms with Crippen LogP contribution in [-0.2, 0) is 13.0 Å². The van der Waals surface area contributed by atoms with Crippen molar-refractivity contribution in [2.75, 3.05) is 13.7 Å². The minimum atomic E-state index is -0.555. The first-order chi connectivity index (χ1) is 13.1. The summed E-state index contributed by atoms with van der Waals surface area (Å²) in [5, 5.41) is 20.8. The molecule has 3 aromatic rings. The zero-order chi connectivity index (χ0) is 19.2. The van der Waals surface area contributed by atoms with E-state index in [-0.39, 0.29) is 23.9 Å². The highest BCUT2D eigenvalue weighted by Gasteiger charge is 2.16. The summed E-state index contributed by atoms with van der Waals surface area (Å²) < 4.78 is 11.5. The fourth-order valence-corrected chi connectivity index (χ4v) is 2.38. The topological polar surface area (TPSA) is 138 Å². The zero-order valence-corrected chi connectivity index (χ0v) is 14.4. The molecule has 3 rings (SSSR count). The number of carbonyl (C=O) groups excluding carboxylic acids is 1. The van der Waals surface area contributed by atoms with E-state index < -0.39 is 10.8 Å². The number of nitrogens with one attached hydrogen (secondary N) is 1. The second kappa shape index (κ2) is 8.08. The second-order valence-corrected chi connectivity index (χ2v) is 5.49. The number of rotatable bonds is 8. The number of nitrogens with zero attached hydrogens (tertiary/aromatic N) is 5. The summed E-state index contributed by atoms with van der Waals surface area (Å²) in [6.07, 6.45) is 2.93. The quantitative estimate of drug-likeness (QED) is 0.460. The standard InChI is InChI=1S/C16H16N6O5/c1-26-13-5-3-2-4-11(13)6-7-17-15(23)16-19-14(20-27-16)10-21-9-12(8-18-21)22(24)25/h2-5,8-9H,6-7,10H2,1H3,(H,17,23). The summed E-state index contributed by atoms with van der Waals surface area (Å²) in [6, 6.07) is 7.53. The molecule has 1 aromatic carbocycles. The van der Waals surface area contributed by atoms with Crippen LogP contribution in [0.25, 0.3) is 0 Å². The third-order valence-corrected chi connectivity index (χ3v) is 3.67. The van der Waals surface area contributed by atoms with Crippen LogP contribution in [0.5, 0.6) is 5.75 Å². The van der Waals surface area contributed by atoms with Crippen molar-refractivity contribution in [3.8, 4) is 5.75 Å². The lowest BCUT2D eigenvalue weighted by molar-refractivity contribution is -0.385. The average Bonchev–Trinajstić information content (AvgIpc) is 3.32. The molecule has 0 radical (unpaired) electrons. The van der Waals surface area contributed by atoms with Crippen LogP contribution in [0.4, 0.5) is 5.69 Å². The maximum Gasteiger partial charge on any atom is 0.316 e. The molecule has 11 heteroatoms. The molecule has 2 aromatic heterocycles. The molecule has 1 amide bonds.